The van der Waals surface area contributed by atoms with Gasteiger partial charge in [-0.3, -0.25) is 14.8 Å². The van der Waals surface area contributed by atoms with Crippen molar-refractivity contribution in [3.8, 4) is 22.5 Å². The number of imidazole rings is 1. The number of hydrogen-bond donors (Lipinski definition) is 3. The van der Waals surface area contributed by atoms with E-state index in [1.165, 1.54) is 6.92 Å². The monoisotopic (exact) mass is 642 g/mol. The average Bonchev–Trinajstić information content (AvgIpc) is 3.75. The van der Waals surface area contributed by atoms with Gasteiger partial charge in [0.1, 0.15) is 5.82 Å². The minimum absolute atomic E-state index is 0.0364. The van der Waals surface area contributed by atoms with Crippen molar-refractivity contribution >= 4 is 22.8 Å². The van der Waals surface area contributed by atoms with Crippen molar-refractivity contribution < 1.29 is 14.8 Å². The second-order valence-electron chi connectivity index (χ2n) is 12.0. The summed E-state index contributed by atoms with van der Waals surface area (Å²) in [6.45, 7) is 5.93. The minimum Gasteiger partial charge on any atom is -0.347 e. The Hall–Kier alpha value is -5.68. The largest absolute Gasteiger partial charge is 0.347 e. The molecule has 2 heterocycles. The highest BCUT2D eigenvalue weighted by molar-refractivity contribution is 5.98. The molecule has 1 atom stereocenters. The second kappa shape index (κ2) is 14.4. The first-order valence-electron chi connectivity index (χ1n) is 16.0. The van der Waals surface area contributed by atoms with Crippen molar-refractivity contribution in [2.24, 2.45) is 0 Å². The topological polar surface area (TPSA) is 142 Å². The van der Waals surface area contributed by atoms with Crippen LogP contribution in [0, 0.1) is 6.92 Å². The first kappa shape index (κ1) is 32.3. The molecule has 244 valence electrons. The smallest absolute Gasteiger partial charge is 0.251 e. The maximum Gasteiger partial charge on any atom is 0.251 e. The molecule has 4 aromatic carbocycles. The number of nitrogens with zero attached hydrogens (tertiary/aromatic N) is 6. The van der Waals surface area contributed by atoms with E-state index in [9.17, 15) is 14.8 Å². The lowest BCUT2D eigenvalue weighted by Gasteiger charge is -2.23. The molecule has 0 aliphatic carbocycles. The summed E-state index contributed by atoms with van der Waals surface area (Å²) < 4.78 is 2.19. The van der Waals surface area contributed by atoms with Gasteiger partial charge in [-0.1, -0.05) is 85.8 Å². The Balaban J connectivity index is 1.29. The van der Waals surface area contributed by atoms with E-state index in [4.69, 9.17) is 4.98 Å². The molecule has 0 saturated carbocycles. The molecule has 3 N–H and O–H groups in total. The van der Waals surface area contributed by atoms with Crippen LogP contribution in [0.1, 0.15) is 53.1 Å². The van der Waals surface area contributed by atoms with Gasteiger partial charge >= 0.3 is 0 Å². The zero-order valence-electron chi connectivity index (χ0n) is 27.2. The van der Waals surface area contributed by atoms with E-state index in [2.05, 4.69) is 61.7 Å². The van der Waals surface area contributed by atoms with Gasteiger partial charge in [0.2, 0.25) is 11.7 Å². The summed E-state index contributed by atoms with van der Waals surface area (Å²) in [5.74, 6) is 0.723. The number of nitrogens with one attached hydrogen (secondary N) is 2. The molecule has 0 radical (unpaired) electrons. The molecular weight excluding hydrogens is 604 g/mol. The third-order valence-corrected chi connectivity index (χ3v) is 8.40. The third kappa shape index (κ3) is 7.16. The van der Waals surface area contributed by atoms with Crippen molar-refractivity contribution in [1.29, 1.82) is 0 Å². The van der Waals surface area contributed by atoms with Crippen LogP contribution in [0.2, 0.25) is 0 Å². The van der Waals surface area contributed by atoms with E-state index in [0.717, 1.165) is 63.1 Å². The van der Waals surface area contributed by atoms with Gasteiger partial charge in [0.25, 0.3) is 5.91 Å². The number of aromatic nitrogens is 6. The zero-order chi connectivity index (χ0) is 33.6. The second-order valence-corrected chi connectivity index (χ2v) is 12.0. The normalized spacial score (nSPS) is 11.8. The van der Waals surface area contributed by atoms with Gasteiger partial charge in [-0.15, -0.1) is 10.2 Å². The predicted molar refractivity (Wildman–Crippen MR) is 183 cm³/mol. The average molecular weight is 643 g/mol. The number of aryl methyl sites for hydroxylation is 2. The SMILES string of the molecule is CCCc1nc2c(C)cc(C(=O)N[C@H](Cc3ccccc3)CN(O)C(C)=O)cc2n1Cc1ccc(-c2ccccc2-c2nn[nH]n2)cc1. The van der Waals surface area contributed by atoms with E-state index in [0.29, 0.717) is 29.4 Å². The summed E-state index contributed by atoms with van der Waals surface area (Å²) in [6.07, 6.45) is 2.17. The molecule has 2 aromatic heterocycles. The molecule has 11 nitrogen and oxygen atoms in total. The zero-order valence-corrected chi connectivity index (χ0v) is 27.2. The number of tetrazole rings is 1. The van der Waals surface area contributed by atoms with Crippen molar-refractivity contribution in [2.45, 2.75) is 52.6 Å². The number of benzene rings is 4. The van der Waals surface area contributed by atoms with Gasteiger partial charge in [-0.05, 0) is 64.9 Å². The number of hydrogen-bond acceptors (Lipinski definition) is 7. The standard InChI is InChI=1S/C37H38N8O3/c1-4-10-34-39-35-24(2)19-29(37(47)38-30(23-45(48)25(3)46)20-26-11-6-5-7-12-26)21-33(35)44(34)22-27-15-17-28(18-16-27)31-13-8-9-14-32(31)36-40-42-43-41-36/h5-9,11-19,21,30,48H,4,10,20,22-23H2,1-3H3,(H,38,47)(H,40,41,42,43)/t30-/m1/s1. The molecule has 0 bridgehead atoms. The lowest BCUT2D eigenvalue weighted by Crippen LogP contribution is -2.45. The summed E-state index contributed by atoms with van der Waals surface area (Å²) in [7, 11) is 0. The van der Waals surface area contributed by atoms with Crippen molar-refractivity contribution in [3.05, 3.63) is 119 Å². The maximum atomic E-state index is 13.7. The Labute approximate surface area is 278 Å². The van der Waals surface area contributed by atoms with Crippen molar-refractivity contribution in [2.75, 3.05) is 6.54 Å². The highest BCUT2D eigenvalue weighted by Crippen LogP contribution is 2.30. The molecule has 0 fully saturated rings. The van der Waals surface area contributed by atoms with E-state index in [1.54, 1.807) is 0 Å². The van der Waals surface area contributed by atoms with Crippen LogP contribution in [-0.2, 0) is 24.2 Å². The predicted octanol–water partition coefficient (Wildman–Crippen LogP) is 5.77. The summed E-state index contributed by atoms with van der Waals surface area (Å²) in [5, 5.41) is 28.5. The Morgan fingerprint density at radius 3 is 2.38 bits per heavy atom. The molecule has 0 aliphatic heterocycles. The number of hydroxylamine groups is 2. The summed E-state index contributed by atoms with van der Waals surface area (Å²) >= 11 is 0. The lowest BCUT2D eigenvalue weighted by molar-refractivity contribution is -0.163. The first-order valence-corrected chi connectivity index (χ1v) is 16.0. The number of rotatable bonds is 12. The number of carbonyl (C=O) groups is 2. The Kier molecular flexibility index (Phi) is 9.67. The third-order valence-electron chi connectivity index (χ3n) is 8.40. The van der Waals surface area contributed by atoms with Crippen LogP contribution >= 0.6 is 0 Å². The van der Waals surface area contributed by atoms with E-state index >= 15 is 0 Å². The van der Waals surface area contributed by atoms with Crippen LogP contribution < -0.4 is 5.32 Å². The molecule has 6 aromatic rings. The fraction of sp³-hybridized carbons (Fsp3) is 0.243. The summed E-state index contributed by atoms with van der Waals surface area (Å²) in [4.78, 5) is 30.6. The van der Waals surface area contributed by atoms with Crippen LogP contribution in [0.25, 0.3) is 33.5 Å². The lowest BCUT2D eigenvalue weighted by atomic mass is 9.98. The highest BCUT2D eigenvalue weighted by atomic mass is 16.5. The van der Waals surface area contributed by atoms with Crippen LogP contribution in [0.5, 0.6) is 0 Å². The van der Waals surface area contributed by atoms with Crippen molar-refractivity contribution in [3.63, 3.8) is 0 Å². The number of fused-ring (bicyclic) bond motifs is 1. The van der Waals surface area contributed by atoms with E-state index in [1.807, 2.05) is 73.7 Å². The quantitative estimate of drug-likeness (QED) is 0.114. The number of carbonyl (C=O) groups excluding carboxylic acids is 2. The molecule has 0 aliphatic rings. The molecule has 6 rings (SSSR count). The first-order chi connectivity index (χ1) is 23.3. The van der Waals surface area contributed by atoms with Crippen LogP contribution in [-0.4, -0.2) is 64.8 Å². The van der Waals surface area contributed by atoms with Crippen LogP contribution in [0.3, 0.4) is 0 Å². The van der Waals surface area contributed by atoms with E-state index < -0.39 is 11.9 Å². The summed E-state index contributed by atoms with van der Waals surface area (Å²) in [6, 6.07) is 29.3. The van der Waals surface area contributed by atoms with Gasteiger partial charge in [-0.25, -0.2) is 10.0 Å². The Bertz CT molecular complexity index is 2020. The van der Waals surface area contributed by atoms with Crippen LogP contribution in [0.4, 0.5) is 0 Å². The van der Waals surface area contributed by atoms with Gasteiger partial charge in [-0.2, -0.15) is 5.21 Å². The van der Waals surface area contributed by atoms with Crippen molar-refractivity contribution in [1.82, 2.24) is 40.6 Å². The van der Waals surface area contributed by atoms with Gasteiger partial charge < -0.3 is 9.88 Å². The molecule has 0 saturated heterocycles. The molecule has 2 amide bonds. The summed E-state index contributed by atoms with van der Waals surface area (Å²) in [5.41, 5.74) is 8.14. The number of H-pyrrole nitrogens is 1. The number of amides is 2. The number of aromatic amines is 1. The van der Waals surface area contributed by atoms with Gasteiger partial charge in [0.05, 0.1) is 23.6 Å². The molecule has 0 spiro atoms. The fourth-order valence-electron chi connectivity index (χ4n) is 6.01. The molecular formula is C37H38N8O3. The Morgan fingerprint density at radius 1 is 0.958 bits per heavy atom. The minimum atomic E-state index is -0.505. The molecule has 0 unspecified atom stereocenters. The molecule has 48 heavy (non-hydrogen) atoms. The van der Waals surface area contributed by atoms with E-state index in [-0.39, 0.29) is 12.5 Å². The highest BCUT2D eigenvalue weighted by Gasteiger charge is 2.21. The van der Waals surface area contributed by atoms with Gasteiger partial charge in [0.15, 0.2) is 0 Å². The Morgan fingerprint density at radius 2 is 1.69 bits per heavy atom. The molecule has 11 heteroatoms. The maximum absolute atomic E-state index is 13.7. The van der Waals surface area contributed by atoms with Crippen LogP contribution in [0.15, 0.2) is 91.0 Å². The fourth-order valence-corrected chi connectivity index (χ4v) is 6.01. The van der Waals surface area contributed by atoms with Gasteiger partial charge in [0, 0.05) is 31.0 Å².